The molecule has 3 unspecified atom stereocenters. The van der Waals surface area contributed by atoms with Crippen LogP contribution in [0.15, 0.2) is 4.99 Å². The lowest BCUT2D eigenvalue weighted by atomic mass is 10.1. The SMILES string of the molecule is Cc1nc(C)c(C(C)NC2=NC(C)C(C)CS2)s1. The zero-order chi connectivity index (χ0) is 13.3. The van der Waals surface area contributed by atoms with E-state index in [2.05, 4.69) is 44.9 Å². The standard InChI is InChI=1S/C13H21N3S2/c1-7-6-17-13(15-8(7)2)16-10(4)12-9(3)14-11(5)18-12/h7-8,10H,6H2,1-5H3,(H,15,16). The van der Waals surface area contributed by atoms with E-state index < -0.39 is 0 Å². The molecule has 0 fully saturated rings. The van der Waals surface area contributed by atoms with Crippen LogP contribution >= 0.6 is 23.1 Å². The second kappa shape index (κ2) is 5.61. The van der Waals surface area contributed by atoms with E-state index in [1.807, 2.05) is 11.8 Å². The molecule has 3 atom stereocenters. The third-order valence-electron chi connectivity index (χ3n) is 3.30. The molecule has 0 aromatic carbocycles. The van der Waals surface area contributed by atoms with Crippen LogP contribution in [0.2, 0.25) is 0 Å². The van der Waals surface area contributed by atoms with Gasteiger partial charge in [0.2, 0.25) is 0 Å². The summed E-state index contributed by atoms with van der Waals surface area (Å²) in [5.74, 6) is 1.82. The van der Waals surface area contributed by atoms with Crippen molar-refractivity contribution in [3.8, 4) is 0 Å². The molecular formula is C13H21N3S2. The highest BCUT2D eigenvalue weighted by atomic mass is 32.2. The van der Waals surface area contributed by atoms with Crippen molar-refractivity contribution < 1.29 is 0 Å². The molecule has 1 aromatic heterocycles. The molecule has 1 aliphatic rings. The van der Waals surface area contributed by atoms with Gasteiger partial charge in [-0.2, -0.15) is 0 Å². The second-order valence-electron chi connectivity index (χ2n) is 5.01. The molecule has 0 amide bonds. The zero-order valence-corrected chi connectivity index (χ0v) is 13.3. The van der Waals surface area contributed by atoms with Crippen molar-refractivity contribution >= 4 is 28.3 Å². The molecule has 2 heterocycles. The Labute approximate surface area is 118 Å². The summed E-state index contributed by atoms with van der Waals surface area (Å²) in [7, 11) is 0. The van der Waals surface area contributed by atoms with Crippen LogP contribution < -0.4 is 5.32 Å². The summed E-state index contributed by atoms with van der Waals surface area (Å²) in [6.07, 6.45) is 0. The van der Waals surface area contributed by atoms with Gasteiger partial charge in [-0.25, -0.2) is 4.98 Å². The third-order valence-corrected chi connectivity index (χ3v) is 5.74. The van der Waals surface area contributed by atoms with Gasteiger partial charge >= 0.3 is 0 Å². The van der Waals surface area contributed by atoms with Crippen molar-refractivity contribution in [2.75, 3.05) is 5.75 Å². The van der Waals surface area contributed by atoms with Gasteiger partial charge in [-0.1, -0.05) is 18.7 Å². The predicted molar refractivity (Wildman–Crippen MR) is 81.7 cm³/mol. The Morgan fingerprint density at radius 3 is 2.61 bits per heavy atom. The van der Waals surface area contributed by atoms with E-state index in [9.17, 15) is 0 Å². The van der Waals surface area contributed by atoms with Crippen LogP contribution in [0, 0.1) is 19.8 Å². The minimum atomic E-state index is 0.294. The van der Waals surface area contributed by atoms with Crippen molar-refractivity contribution in [1.29, 1.82) is 0 Å². The normalized spacial score (nSPS) is 25.7. The average Bonchev–Trinajstić information content (AvgIpc) is 2.63. The molecule has 1 aliphatic heterocycles. The summed E-state index contributed by atoms with van der Waals surface area (Å²) in [4.78, 5) is 10.5. The number of hydrogen-bond acceptors (Lipinski definition) is 5. The van der Waals surface area contributed by atoms with Crippen LogP contribution in [0.5, 0.6) is 0 Å². The van der Waals surface area contributed by atoms with E-state index in [4.69, 9.17) is 4.99 Å². The van der Waals surface area contributed by atoms with Gasteiger partial charge in [0.05, 0.1) is 22.8 Å². The summed E-state index contributed by atoms with van der Waals surface area (Å²) in [5.41, 5.74) is 1.14. The highest BCUT2D eigenvalue weighted by molar-refractivity contribution is 8.13. The molecule has 0 spiro atoms. The van der Waals surface area contributed by atoms with Crippen LogP contribution in [0.1, 0.15) is 42.4 Å². The van der Waals surface area contributed by atoms with Gasteiger partial charge in [-0.15, -0.1) is 11.3 Å². The quantitative estimate of drug-likeness (QED) is 0.902. The Bertz CT molecular complexity index is 453. The summed E-state index contributed by atoms with van der Waals surface area (Å²) in [6.45, 7) is 10.8. The lowest BCUT2D eigenvalue weighted by Crippen LogP contribution is -2.31. The molecule has 1 aromatic rings. The third kappa shape index (κ3) is 3.06. The van der Waals surface area contributed by atoms with E-state index in [0.717, 1.165) is 21.6 Å². The Hall–Kier alpha value is -0.550. The second-order valence-corrected chi connectivity index (χ2v) is 7.26. The van der Waals surface area contributed by atoms with Crippen LogP contribution in [0.25, 0.3) is 0 Å². The average molecular weight is 283 g/mol. The van der Waals surface area contributed by atoms with Crippen molar-refractivity contribution in [2.45, 2.75) is 46.7 Å². The predicted octanol–water partition coefficient (Wildman–Crippen LogP) is 3.54. The molecule has 5 heteroatoms. The van der Waals surface area contributed by atoms with E-state index in [1.165, 1.54) is 4.88 Å². The molecule has 2 rings (SSSR count). The van der Waals surface area contributed by atoms with Gasteiger partial charge < -0.3 is 5.32 Å². The molecule has 0 saturated carbocycles. The number of thioether (sulfide) groups is 1. The van der Waals surface area contributed by atoms with Crippen LogP contribution in [0.3, 0.4) is 0 Å². The minimum absolute atomic E-state index is 0.294. The monoisotopic (exact) mass is 283 g/mol. The highest BCUT2D eigenvalue weighted by Crippen LogP contribution is 2.27. The van der Waals surface area contributed by atoms with Gasteiger partial charge in [0.25, 0.3) is 0 Å². The van der Waals surface area contributed by atoms with Crippen LogP contribution in [0.4, 0.5) is 0 Å². The molecule has 0 saturated heterocycles. The number of amidine groups is 1. The smallest absolute Gasteiger partial charge is 0.157 e. The first-order chi connectivity index (χ1) is 8.47. The largest absolute Gasteiger partial charge is 0.358 e. The number of aryl methyl sites for hydroxylation is 2. The fourth-order valence-electron chi connectivity index (χ4n) is 1.98. The summed E-state index contributed by atoms with van der Waals surface area (Å²) in [6, 6.07) is 0.716. The molecule has 3 nitrogen and oxygen atoms in total. The number of hydrogen-bond donors (Lipinski definition) is 1. The highest BCUT2D eigenvalue weighted by Gasteiger charge is 2.21. The molecule has 100 valence electrons. The number of thiazole rings is 1. The number of aliphatic imine (C=N–C) groups is 1. The Morgan fingerprint density at radius 2 is 2.06 bits per heavy atom. The van der Waals surface area contributed by atoms with E-state index in [1.54, 1.807) is 11.3 Å². The van der Waals surface area contributed by atoms with Gasteiger partial charge in [-0.3, -0.25) is 4.99 Å². The van der Waals surface area contributed by atoms with Gasteiger partial charge in [-0.05, 0) is 33.6 Å². The fourth-order valence-corrected chi connectivity index (χ4v) is 4.11. The minimum Gasteiger partial charge on any atom is -0.358 e. The Balaban J connectivity index is 2.06. The summed E-state index contributed by atoms with van der Waals surface area (Å²) >= 11 is 3.61. The first-order valence-corrected chi connectivity index (χ1v) is 8.18. The van der Waals surface area contributed by atoms with Crippen molar-refractivity contribution in [1.82, 2.24) is 10.3 Å². The van der Waals surface area contributed by atoms with Crippen LogP contribution in [-0.2, 0) is 0 Å². The Kier molecular flexibility index (Phi) is 4.33. The van der Waals surface area contributed by atoms with Crippen LogP contribution in [-0.4, -0.2) is 21.9 Å². The topological polar surface area (TPSA) is 37.3 Å². The lowest BCUT2D eigenvalue weighted by Gasteiger charge is -2.25. The Morgan fingerprint density at radius 1 is 1.33 bits per heavy atom. The maximum atomic E-state index is 4.72. The number of nitrogens with zero attached hydrogens (tertiary/aromatic N) is 2. The van der Waals surface area contributed by atoms with E-state index in [0.29, 0.717) is 18.0 Å². The zero-order valence-electron chi connectivity index (χ0n) is 11.7. The molecule has 18 heavy (non-hydrogen) atoms. The number of aromatic nitrogens is 1. The van der Waals surface area contributed by atoms with Gasteiger partial charge in [0, 0.05) is 10.6 Å². The summed E-state index contributed by atoms with van der Waals surface area (Å²) in [5, 5.41) is 5.74. The summed E-state index contributed by atoms with van der Waals surface area (Å²) < 4.78 is 0. The molecule has 0 aliphatic carbocycles. The maximum Gasteiger partial charge on any atom is 0.157 e. The molecule has 0 radical (unpaired) electrons. The van der Waals surface area contributed by atoms with Gasteiger partial charge in [0.1, 0.15) is 0 Å². The first kappa shape index (κ1) is 13.9. The molecule has 0 bridgehead atoms. The number of nitrogens with one attached hydrogen (secondary N) is 1. The van der Waals surface area contributed by atoms with Gasteiger partial charge in [0.15, 0.2) is 5.17 Å². The van der Waals surface area contributed by atoms with Crippen molar-refractivity contribution in [2.24, 2.45) is 10.9 Å². The number of rotatable bonds is 2. The molecule has 1 N–H and O–H groups in total. The van der Waals surface area contributed by atoms with Crippen molar-refractivity contribution in [3.63, 3.8) is 0 Å². The maximum absolute atomic E-state index is 4.72. The van der Waals surface area contributed by atoms with Crippen molar-refractivity contribution in [3.05, 3.63) is 15.6 Å². The van der Waals surface area contributed by atoms with E-state index >= 15 is 0 Å². The molecular weight excluding hydrogens is 262 g/mol. The first-order valence-electron chi connectivity index (χ1n) is 6.38. The fraction of sp³-hybridized carbons (Fsp3) is 0.692. The van der Waals surface area contributed by atoms with E-state index in [-0.39, 0.29) is 0 Å². The lowest BCUT2D eigenvalue weighted by molar-refractivity contribution is 0.532.